The van der Waals surface area contributed by atoms with Crippen LogP contribution in [0.25, 0.3) is 10.1 Å². The van der Waals surface area contributed by atoms with Crippen molar-refractivity contribution in [3.8, 4) is 0 Å². The second kappa shape index (κ2) is 8.99. The standard InChI is InChI=1S/C18H22N2O6S2/c21-17(20-6-8-26-9-7-20)4-2-15(18(22)23)19-28(24,25)12-13-1-3-16-14(11-13)5-10-27-16/h1,3,5,10-11,15,19H,2,4,6-9,12H2,(H,22,23). The lowest BCUT2D eigenvalue weighted by molar-refractivity contribution is -0.140. The Balaban J connectivity index is 1.60. The Hall–Kier alpha value is -2.01. The van der Waals surface area contributed by atoms with Crippen LogP contribution in [0.15, 0.2) is 29.6 Å². The monoisotopic (exact) mass is 426 g/mol. The number of hydrogen-bond donors (Lipinski definition) is 2. The first-order valence-electron chi connectivity index (χ1n) is 8.88. The molecular formula is C18H22N2O6S2. The van der Waals surface area contributed by atoms with Crippen LogP contribution in [-0.4, -0.2) is 62.6 Å². The molecule has 1 fully saturated rings. The third kappa shape index (κ3) is 5.51. The van der Waals surface area contributed by atoms with Crippen LogP contribution >= 0.6 is 11.3 Å². The Morgan fingerprint density at radius 3 is 2.71 bits per heavy atom. The number of nitrogens with zero attached hydrogens (tertiary/aromatic N) is 1. The summed E-state index contributed by atoms with van der Waals surface area (Å²) in [5.74, 6) is -1.82. The fourth-order valence-electron chi connectivity index (χ4n) is 3.06. The van der Waals surface area contributed by atoms with Gasteiger partial charge in [-0.2, -0.15) is 0 Å². The van der Waals surface area contributed by atoms with Crippen LogP contribution in [0.1, 0.15) is 18.4 Å². The van der Waals surface area contributed by atoms with E-state index in [0.29, 0.717) is 31.9 Å². The molecule has 1 amide bonds. The van der Waals surface area contributed by atoms with Crippen LogP contribution in [0.5, 0.6) is 0 Å². The van der Waals surface area contributed by atoms with Gasteiger partial charge in [0.1, 0.15) is 6.04 Å². The van der Waals surface area contributed by atoms with E-state index in [4.69, 9.17) is 4.74 Å². The summed E-state index contributed by atoms with van der Waals surface area (Å²) < 4.78 is 33.4. The minimum Gasteiger partial charge on any atom is -0.480 e. The molecule has 0 spiro atoms. The maximum absolute atomic E-state index is 12.5. The zero-order valence-electron chi connectivity index (χ0n) is 15.2. The first kappa shape index (κ1) is 20.7. The first-order valence-corrected chi connectivity index (χ1v) is 11.4. The highest BCUT2D eigenvalue weighted by Gasteiger charge is 2.26. The van der Waals surface area contributed by atoms with Crippen molar-refractivity contribution in [2.24, 2.45) is 0 Å². The van der Waals surface area contributed by atoms with Crippen molar-refractivity contribution in [2.75, 3.05) is 26.3 Å². The molecule has 0 saturated carbocycles. The molecule has 2 heterocycles. The van der Waals surface area contributed by atoms with E-state index in [0.717, 1.165) is 10.1 Å². The van der Waals surface area contributed by atoms with E-state index in [-0.39, 0.29) is 24.5 Å². The number of hydrogen-bond acceptors (Lipinski definition) is 6. The number of carboxylic acids is 1. The molecule has 1 unspecified atom stereocenters. The number of rotatable bonds is 8. The van der Waals surface area contributed by atoms with Crippen LogP contribution in [-0.2, 0) is 30.1 Å². The number of aliphatic carboxylic acids is 1. The lowest BCUT2D eigenvalue weighted by Gasteiger charge is -2.27. The number of amides is 1. The average Bonchev–Trinajstić information content (AvgIpc) is 3.12. The van der Waals surface area contributed by atoms with Crippen LogP contribution in [0.2, 0.25) is 0 Å². The Bertz CT molecular complexity index is 950. The van der Waals surface area contributed by atoms with E-state index in [1.165, 1.54) is 0 Å². The van der Waals surface area contributed by atoms with E-state index in [1.807, 2.05) is 17.5 Å². The molecule has 152 valence electrons. The first-order chi connectivity index (χ1) is 13.3. The molecule has 0 aliphatic carbocycles. The van der Waals surface area contributed by atoms with Crippen molar-refractivity contribution in [1.82, 2.24) is 9.62 Å². The number of nitrogens with one attached hydrogen (secondary N) is 1. The molecule has 1 aliphatic rings. The number of thiophene rings is 1. The number of carboxylic acid groups (broad SMARTS) is 1. The average molecular weight is 427 g/mol. The summed E-state index contributed by atoms with van der Waals surface area (Å²) in [4.78, 5) is 25.3. The maximum Gasteiger partial charge on any atom is 0.321 e. The maximum atomic E-state index is 12.5. The van der Waals surface area contributed by atoms with Crippen molar-refractivity contribution in [3.63, 3.8) is 0 Å². The zero-order valence-corrected chi connectivity index (χ0v) is 16.8. The van der Waals surface area contributed by atoms with Crippen molar-refractivity contribution < 1.29 is 27.9 Å². The van der Waals surface area contributed by atoms with Crippen molar-refractivity contribution >= 4 is 43.3 Å². The number of sulfonamides is 1. The van der Waals surface area contributed by atoms with Crippen LogP contribution in [0.3, 0.4) is 0 Å². The zero-order chi connectivity index (χ0) is 20.1. The number of carbonyl (C=O) groups excluding carboxylic acids is 1. The largest absolute Gasteiger partial charge is 0.480 e. The molecule has 3 rings (SSSR count). The van der Waals surface area contributed by atoms with E-state index in [9.17, 15) is 23.1 Å². The molecule has 1 saturated heterocycles. The summed E-state index contributed by atoms with van der Waals surface area (Å²) in [7, 11) is -3.88. The van der Waals surface area contributed by atoms with Gasteiger partial charge in [0.05, 0.1) is 19.0 Å². The highest BCUT2D eigenvalue weighted by molar-refractivity contribution is 7.88. The quantitative estimate of drug-likeness (QED) is 0.660. The van der Waals surface area contributed by atoms with Crippen LogP contribution in [0.4, 0.5) is 0 Å². The van der Waals surface area contributed by atoms with E-state index >= 15 is 0 Å². The molecule has 0 bridgehead atoms. The SMILES string of the molecule is O=C(O)C(CCC(=O)N1CCOCC1)NS(=O)(=O)Cc1ccc2sccc2c1. The number of ether oxygens (including phenoxy) is 1. The molecule has 1 atom stereocenters. The third-order valence-corrected chi connectivity index (χ3v) is 6.76. The Labute approximate surface area is 167 Å². The van der Waals surface area contributed by atoms with Crippen molar-refractivity contribution in [1.29, 1.82) is 0 Å². The van der Waals surface area contributed by atoms with Crippen LogP contribution in [0, 0.1) is 0 Å². The molecule has 2 N–H and O–H groups in total. The highest BCUT2D eigenvalue weighted by atomic mass is 32.2. The van der Waals surface area contributed by atoms with Crippen molar-refractivity contribution in [3.05, 3.63) is 35.2 Å². The summed E-state index contributed by atoms with van der Waals surface area (Å²) in [6.45, 7) is 1.84. The fraction of sp³-hybridized carbons (Fsp3) is 0.444. The molecule has 28 heavy (non-hydrogen) atoms. The lowest BCUT2D eigenvalue weighted by atomic mass is 10.1. The fourth-order valence-corrected chi connectivity index (χ4v) is 5.18. The molecule has 0 radical (unpaired) electrons. The number of carbonyl (C=O) groups is 2. The van der Waals surface area contributed by atoms with Gasteiger partial charge in [-0.1, -0.05) is 6.07 Å². The smallest absolute Gasteiger partial charge is 0.321 e. The molecular weight excluding hydrogens is 404 g/mol. The Morgan fingerprint density at radius 2 is 2.00 bits per heavy atom. The number of benzene rings is 1. The predicted octanol–water partition coefficient (Wildman–Crippen LogP) is 1.41. The van der Waals surface area contributed by atoms with E-state index in [1.54, 1.807) is 28.4 Å². The third-order valence-electron chi connectivity index (χ3n) is 4.50. The molecule has 8 nitrogen and oxygen atoms in total. The van der Waals surface area contributed by atoms with Gasteiger partial charge >= 0.3 is 5.97 Å². The van der Waals surface area contributed by atoms with Gasteiger partial charge in [0.25, 0.3) is 0 Å². The van der Waals surface area contributed by atoms with E-state index < -0.39 is 22.0 Å². The minimum absolute atomic E-state index is 0.0413. The van der Waals surface area contributed by atoms with Gasteiger partial charge in [-0.15, -0.1) is 11.3 Å². The van der Waals surface area contributed by atoms with Gasteiger partial charge in [0.15, 0.2) is 0 Å². The highest BCUT2D eigenvalue weighted by Crippen LogP contribution is 2.22. The van der Waals surface area contributed by atoms with Gasteiger partial charge in [0, 0.05) is 24.2 Å². The summed E-state index contributed by atoms with van der Waals surface area (Å²) in [6.07, 6.45) is -0.144. The predicted molar refractivity (Wildman–Crippen MR) is 106 cm³/mol. The minimum atomic E-state index is -3.88. The summed E-state index contributed by atoms with van der Waals surface area (Å²) in [5.41, 5.74) is 0.576. The van der Waals surface area contributed by atoms with Gasteiger partial charge in [-0.3, -0.25) is 9.59 Å². The topological polar surface area (TPSA) is 113 Å². The van der Waals surface area contributed by atoms with Crippen molar-refractivity contribution in [2.45, 2.75) is 24.6 Å². The molecule has 1 aromatic heterocycles. The van der Waals surface area contributed by atoms with Crippen LogP contribution < -0.4 is 4.72 Å². The normalized spacial score (nSPS) is 16.2. The Kier molecular flexibility index (Phi) is 6.65. The van der Waals surface area contributed by atoms with E-state index in [2.05, 4.69) is 4.72 Å². The summed E-state index contributed by atoms with van der Waals surface area (Å²) in [5, 5.41) is 12.2. The number of fused-ring (bicyclic) bond motifs is 1. The summed E-state index contributed by atoms with van der Waals surface area (Å²) in [6, 6.07) is 5.90. The number of morpholine rings is 1. The second-order valence-electron chi connectivity index (χ2n) is 6.59. The molecule has 2 aromatic rings. The van der Waals surface area contributed by atoms with Gasteiger partial charge in [0.2, 0.25) is 15.9 Å². The summed E-state index contributed by atoms with van der Waals surface area (Å²) >= 11 is 1.56. The Morgan fingerprint density at radius 1 is 1.25 bits per heavy atom. The second-order valence-corrected chi connectivity index (χ2v) is 9.29. The molecule has 1 aromatic carbocycles. The molecule has 10 heteroatoms. The van der Waals surface area contributed by atoms with Gasteiger partial charge < -0.3 is 14.7 Å². The van der Waals surface area contributed by atoms with Gasteiger partial charge in [-0.25, -0.2) is 13.1 Å². The van der Waals surface area contributed by atoms with Gasteiger partial charge in [-0.05, 0) is 40.9 Å². The molecule has 1 aliphatic heterocycles. The lowest BCUT2D eigenvalue weighted by Crippen LogP contribution is -2.44.